The molecule has 0 aromatic carbocycles. The van der Waals surface area contributed by atoms with Gasteiger partial charge >= 0.3 is 0 Å². The Bertz CT molecular complexity index is 325. The summed E-state index contributed by atoms with van der Waals surface area (Å²) in [5, 5.41) is 3.15. The highest BCUT2D eigenvalue weighted by molar-refractivity contribution is 14.1. The number of halogens is 2. The molecule has 2 heterocycles. The second-order valence-electron chi connectivity index (χ2n) is 3.12. The molecule has 1 aromatic rings. The summed E-state index contributed by atoms with van der Waals surface area (Å²) >= 11 is 2.26. The molecule has 0 amide bonds. The lowest BCUT2D eigenvalue weighted by Crippen LogP contribution is -2.22. The van der Waals surface area contributed by atoms with Crippen molar-refractivity contribution in [3.8, 4) is 0 Å². The maximum Gasteiger partial charge on any atom is 0.133 e. The van der Waals surface area contributed by atoms with E-state index in [9.17, 15) is 4.39 Å². The van der Waals surface area contributed by atoms with Crippen molar-refractivity contribution in [3.63, 3.8) is 0 Å². The van der Waals surface area contributed by atoms with E-state index in [1.54, 1.807) is 0 Å². The zero-order chi connectivity index (χ0) is 8.77. The maximum absolute atomic E-state index is 13.2. The first-order valence-corrected chi connectivity index (χ1v) is 4.77. The van der Waals surface area contributed by atoms with Crippen molar-refractivity contribution in [2.24, 2.45) is 0 Å². The van der Waals surface area contributed by atoms with E-state index in [0.717, 1.165) is 0 Å². The van der Waals surface area contributed by atoms with Gasteiger partial charge < -0.3 is 5.32 Å². The highest BCUT2D eigenvalue weighted by atomic mass is 127. The molecule has 1 atom stereocenters. The fourth-order valence-corrected chi connectivity index (χ4v) is 2.00. The SMILES string of the molecule is CC1(I)Cc2c(F)ccnc2N1. The Kier molecular flexibility index (Phi) is 1.75. The van der Waals surface area contributed by atoms with Crippen molar-refractivity contribution in [1.29, 1.82) is 0 Å². The molecule has 0 bridgehead atoms. The predicted octanol–water partition coefficient (Wildman–Crippen LogP) is 2.34. The molecule has 12 heavy (non-hydrogen) atoms. The molecule has 1 N–H and O–H groups in total. The summed E-state index contributed by atoms with van der Waals surface area (Å²) in [5.41, 5.74) is 0.703. The maximum atomic E-state index is 13.2. The summed E-state index contributed by atoms with van der Waals surface area (Å²) in [6, 6.07) is 1.40. The van der Waals surface area contributed by atoms with Crippen LogP contribution in [0.5, 0.6) is 0 Å². The van der Waals surface area contributed by atoms with Crippen LogP contribution in [0.1, 0.15) is 12.5 Å². The molecule has 0 fully saturated rings. The van der Waals surface area contributed by atoms with Gasteiger partial charge in [0.1, 0.15) is 11.6 Å². The van der Waals surface area contributed by atoms with Crippen LogP contribution in [-0.2, 0) is 6.42 Å². The Balaban J connectivity index is 2.48. The van der Waals surface area contributed by atoms with Gasteiger partial charge in [0, 0.05) is 18.2 Å². The van der Waals surface area contributed by atoms with E-state index in [2.05, 4.69) is 32.9 Å². The number of hydrogen-bond acceptors (Lipinski definition) is 2. The second-order valence-corrected chi connectivity index (χ2v) is 5.50. The zero-order valence-corrected chi connectivity index (χ0v) is 8.72. The van der Waals surface area contributed by atoms with Crippen molar-refractivity contribution in [2.45, 2.75) is 16.9 Å². The zero-order valence-electron chi connectivity index (χ0n) is 6.56. The van der Waals surface area contributed by atoms with E-state index in [0.29, 0.717) is 17.8 Å². The van der Waals surface area contributed by atoms with Crippen LogP contribution in [-0.4, -0.2) is 8.53 Å². The fraction of sp³-hybridized carbons (Fsp3) is 0.375. The normalized spacial score (nSPS) is 26.6. The third kappa shape index (κ3) is 1.28. The molecule has 1 unspecified atom stereocenters. The molecule has 2 nitrogen and oxygen atoms in total. The molecule has 1 aliphatic heterocycles. The topological polar surface area (TPSA) is 24.9 Å². The van der Waals surface area contributed by atoms with Crippen LogP contribution in [0.2, 0.25) is 0 Å². The Morgan fingerprint density at radius 1 is 1.75 bits per heavy atom. The Labute approximate surface area is 83.7 Å². The van der Waals surface area contributed by atoms with Gasteiger partial charge in [-0.2, -0.15) is 0 Å². The minimum atomic E-state index is -0.159. The minimum absolute atomic E-state index is 0.0880. The number of fused-ring (bicyclic) bond motifs is 1. The van der Waals surface area contributed by atoms with Gasteiger partial charge in [0.05, 0.1) is 3.55 Å². The third-order valence-electron chi connectivity index (χ3n) is 1.89. The van der Waals surface area contributed by atoms with Crippen molar-refractivity contribution >= 4 is 28.4 Å². The summed E-state index contributed by atoms with van der Waals surface area (Å²) in [4.78, 5) is 4.06. The molecule has 0 saturated carbocycles. The number of rotatable bonds is 0. The standard InChI is InChI=1S/C8H8FIN2/c1-8(10)4-5-6(9)2-3-11-7(5)12-8/h2-3H,4H2,1H3,(H,11,12). The molecule has 0 saturated heterocycles. The number of aromatic nitrogens is 1. The largest absolute Gasteiger partial charge is 0.355 e. The van der Waals surface area contributed by atoms with E-state index in [-0.39, 0.29) is 9.36 Å². The molecule has 4 heteroatoms. The molecule has 1 aromatic heterocycles. The van der Waals surface area contributed by atoms with E-state index in [1.807, 2.05) is 6.92 Å². The molecule has 1 aliphatic rings. The first-order chi connectivity index (χ1) is 5.58. The summed E-state index contributed by atoms with van der Waals surface area (Å²) in [7, 11) is 0. The number of nitrogens with one attached hydrogen (secondary N) is 1. The minimum Gasteiger partial charge on any atom is -0.355 e. The fourth-order valence-electron chi connectivity index (χ4n) is 1.37. The first-order valence-electron chi connectivity index (χ1n) is 3.69. The van der Waals surface area contributed by atoms with Crippen molar-refractivity contribution < 1.29 is 4.39 Å². The number of anilines is 1. The van der Waals surface area contributed by atoms with Gasteiger partial charge in [-0.1, -0.05) is 22.6 Å². The van der Waals surface area contributed by atoms with Crippen molar-refractivity contribution in [2.75, 3.05) is 5.32 Å². The molecular weight excluding hydrogens is 270 g/mol. The van der Waals surface area contributed by atoms with Crippen LogP contribution in [0, 0.1) is 5.82 Å². The first kappa shape index (κ1) is 8.22. The number of hydrogen-bond donors (Lipinski definition) is 1. The second kappa shape index (κ2) is 2.55. The summed E-state index contributed by atoms with van der Waals surface area (Å²) in [5.74, 6) is 0.528. The number of alkyl halides is 1. The Morgan fingerprint density at radius 3 is 3.17 bits per heavy atom. The molecular formula is C8H8FIN2. The van der Waals surface area contributed by atoms with Gasteiger partial charge in [0.15, 0.2) is 0 Å². The smallest absolute Gasteiger partial charge is 0.133 e. The molecule has 0 aliphatic carbocycles. The van der Waals surface area contributed by atoms with Crippen LogP contribution >= 0.6 is 22.6 Å². The number of nitrogens with zero attached hydrogens (tertiary/aromatic N) is 1. The van der Waals surface area contributed by atoms with Gasteiger partial charge in [0.25, 0.3) is 0 Å². The lowest BCUT2D eigenvalue weighted by molar-refractivity contribution is 0.608. The summed E-state index contributed by atoms with van der Waals surface area (Å²) < 4.78 is 13.1. The van der Waals surface area contributed by atoms with Crippen LogP contribution < -0.4 is 5.32 Å². The summed E-state index contributed by atoms with van der Waals surface area (Å²) in [6.45, 7) is 2.02. The molecule has 0 radical (unpaired) electrons. The van der Waals surface area contributed by atoms with E-state index >= 15 is 0 Å². The molecule has 0 spiro atoms. The highest BCUT2D eigenvalue weighted by Gasteiger charge is 2.31. The quantitative estimate of drug-likeness (QED) is 0.447. The average Bonchev–Trinajstić information content (AvgIpc) is 2.25. The van der Waals surface area contributed by atoms with Gasteiger partial charge in [-0.05, 0) is 13.0 Å². The summed E-state index contributed by atoms with van der Waals surface area (Å²) in [6.07, 6.45) is 2.18. The predicted molar refractivity (Wildman–Crippen MR) is 53.9 cm³/mol. The van der Waals surface area contributed by atoms with Gasteiger partial charge in [0.2, 0.25) is 0 Å². The van der Waals surface area contributed by atoms with Crippen molar-refractivity contribution in [3.05, 3.63) is 23.6 Å². The van der Waals surface area contributed by atoms with Crippen LogP contribution in [0.4, 0.5) is 10.2 Å². The number of pyridine rings is 1. The van der Waals surface area contributed by atoms with E-state index < -0.39 is 0 Å². The third-order valence-corrected chi connectivity index (χ3v) is 2.54. The van der Waals surface area contributed by atoms with Crippen LogP contribution in [0.25, 0.3) is 0 Å². The molecule has 64 valence electrons. The van der Waals surface area contributed by atoms with Gasteiger partial charge in [-0.3, -0.25) is 0 Å². The average molecular weight is 278 g/mol. The van der Waals surface area contributed by atoms with Gasteiger partial charge in [-0.25, -0.2) is 9.37 Å². The van der Waals surface area contributed by atoms with Crippen molar-refractivity contribution in [1.82, 2.24) is 4.98 Å². The van der Waals surface area contributed by atoms with E-state index in [4.69, 9.17) is 0 Å². The van der Waals surface area contributed by atoms with Gasteiger partial charge in [-0.15, -0.1) is 0 Å². The molecule has 2 rings (SSSR count). The highest BCUT2D eigenvalue weighted by Crippen LogP contribution is 2.35. The monoisotopic (exact) mass is 278 g/mol. The van der Waals surface area contributed by atoms with Crippen LogP contribution in [0.3, 0.4) is 0 Å². The Morgan fingerprint density at radius 2 is 2.50 bits per heavy atom. The van der Waals surface area contributed by atoms with Crippen LogP contribution in [0.15, 0.2) is 12.3 Å². The Hall–Kier alpha value is -0.390. The van der Waals surface area contributed by atoms with E-state index in [1.165, 1.54) is 12.3 Å². The lowest BCUT2D eigenvalue weighted by Gasteiger charge is -2.14. The lowest BCUT2D eigenvalue weighted by atomic mass is 10.1.